The van der Waals surface area contributed by atoms with Crippen LogP contribution in [0, 0.1) is 17.2 Å². The average Bonchev–Trinajstić information content (AvgIpc) is 2.65. The van der Waals surface area contributed by atoms with Crippen molar-refractivity contribution in [2.75, 3.05) is 19.6 Å². The maximum Gasteiger partial charge on any atom is 0.108 e. The molecular weight excluding hydrogens is 186 g/mol. The number of nitriles is 1. The molecule has 0 saturated carbocycles. The van der Waals surface area contributed by atoms with Crippen LogP contribution in [0.15, 0.2) is 0 Å². The van der Waals surface area contributed by atoms with Gasteiger partial charge in [-0.25, -0.2) is 0 Å². The monoisotopic (exact) mass is 209 g/mol. The fourth-order valence-electron chi connectivity index (χ4n) is 2.47. The van der Waals surface area contributed by atoms with E-state index in [1.54, 1.807) is 0 Å². The molecule has 1 aliphatic rings. The second-order valence-corrected chi connectivity index (χ2v) is 4.69. The molecule has 1 heterocycles. The maximum atomic E-state index is 9.00. The quantitative estimate of drug-likeness (QED) is 0.747. The number of hydrogen-bond acceptors (Lipinski definition) is 3. The van der Waals surface area contributed by atoms with Crippen molar-refractivity contribution >= 4 is 0 Å². The first-order valence-corrected chi connectivity index (χ1v) is 6.06. The molecule has 0 amide bonds. The van der Waals surface area contributed by atoms with Crippen LogP contribution in [0.5, 0.6) is 0 Å². The van der Waals surface area contributed by atoms with Gasteiger partial charge in [-0.15, -0.1) is 0 Å². The summed E-state index contributed by atoms with van der Waals surface area (Å²) in [6.45, 7) is 9.52. The fourth-order valence-corrected chi connectivity index (χ4v) is 2.47. The average molecular weight is 209 g/mol. The Bertz CT molecular complexity index is 219. The lowest BCUT2D eigenvalue weighted by Crippen LogP contribution is -2.43. The SMILES string of the molecule is CCNC(C#N)CN1CCCC1C(C)C. The summed E-state index contributed by atoms with van der Waals surface area (Å²) in [5.41, 5.74) is 0. The van der Waals surface area contributed by atoms with Crippen LogP contribution in [0.2, 0.25) is 0 Å². The van der Waals surface area contributed by atoms with Crippen LogP contribution < -0.4 is 5.32 Å². The summed E-state index contributed by atoms with van der Waals surface area (Å²) < 4.78 is 0. The zero-order valence-electron chi connectivity index (χ0n) is 10.2. The molecule has 0 aromatic rings. The summed E-state index contributed by atoms with van der Waals surface area (Å²) in [6.07, 6.45) is 2.58. The van der Waals surface area contributed by atoms with Crippen LogP contribution in [0.4, 0.5) is 0 Å². The van der Waals surface area contributed by atoms with Gasteiger partial charge >= 0.3 is 0 Å². The number of hydrogen-bond donors (Lipinski definition) is 1. The van der Waals surface area contributed by atoms with Crippen molar-refractivity contribution in [3.63, 3.8) is 0 Å². The Morgan fingerprint density at radius 2 is 2.27 bits per heavy atom. The van der Waals surface area contributed by atoms with E-state index in [4.69, 9.17) is 5.26 Å². The molecule has 1 rings (SSSR count). The number of nitrogens with one attached hydrogen (secondary N) is 1. The fraction of sp³-hybridized carbons (Fsp3) is 0.917. The number of likely N-dealkylation sites (N-methyl/N-ethyl adjacent to an activating group) is 1. The van der Waals surface area contributed by atoms with Crippen LogP contribution in [-0.2, 0) is 0 Å². The van der Waals surface area contributed by atoms with Gasteiger partial charge in [-0.2, -0.15) is 5.26 Å². The molecule has 3 nitrogen and oxygen atoms in total. The molecule has 0 bridgehead atoms. The lowest BCUT2D eigenvalue weighted by Gasteiger charge is -2.29. The van der Waals surface area contributed by atoms with Gasteiger partial charge in [0.1, 0.15) is 6.04 Å². The van der Waals surface area contributed by atoms with Crippen LogP contribution in [0.3, 0.4) is 0 Å². The zero-order chi connectivity index (χ0) is 11.3. The highest BCUT2D eigenvalue weighted by molar-refractivity contribution is 4.94. The molecule has 86 valence electrons. The first kappa shape index (κ1) is 12.5. The van der Waals surface area contributed by atoms with E-state index in [9.17, 15) is 0 Å². The summed E-state index contributed by atoms with van der Waals surface area (Å²) in [5.74, 6) is 0.702. The molecule has 1 saturated heterocycles. The van der Waals surface area contributed by atoms with E-state index in [1.807, 2.05) is 6.92 Å². The smallest absolute Gasteiger partial charge is 0.108 e. The third-order valence-corrected chi connectivity index (χ3v) is 3.21. The summed E-state index contributed by atoms with van der Waals surface area (Å²) >= 11 is 0. The predicted molar refractivity (Wildman–Crippen MR) is 62.5 cm³/mol. The van der Waals surface area contributed by atoms with Crippen molar-refractivity contribution in [2.45, 2.75) is 45.7 Å². The second-order valence-electron chi connectivity index (χ2n) is 4.69. The van der Waals surface area contributed by atoms with Crippen molar-refractivity contribution in [3.8, 4) is 6.07 Å². The maximum absolute atomic E-state index is 9.00. The normalized spacial score (nSPS) is 24.3. The van der Waals surface area contributed by atoms with Gasteiger partial charge in [-0.3, -0.25) is 4.90 Å². The standard InChI is InChI=1S/C12H23N3/c1-4-14-11(8-13)9-15-7-5-6-12(15)10(2)3/h10-12,14H,4-7,9H2,1-3H3. The topological polar surface area (TPSA) is 39.1 Å². The van der Waals surface area contributed by atoms with E-state index in [0.717, 1.165) is 19.6 Å². The van der Waals surface area contributed by atoms with Gasteiger partial charge in [0, 0.05) is 12.6 Å². The highest BCUT2D eigenvalue weighted by Crippen LogP contribution is 2.23. The molecule has 3 heteroatoms. The largest absolute Gasteiger partial charge is 0.301 e. The first-order valence-electron chi connectivity index (χ1n) is 6.06. The third-order valence-electron chi connectivity index (χ3n) is 3.21. The number of rotatable bonds is 5. The lowest BCUT2D eigenvalue weighted by atomic mass is 10.0. The van der Waals surface area contributed by atoms with Crippen molar-refractivity contribution in [1.29, 1.82) is 5.26 Å². The van der Waals surface area contributed by atoms with Gasteiger partial charge < -0.3 is 5.32 Å². The Morgan fingerprint density at radius 1 is 1.53 bits per heavy atom. The van der Waals surface area contributed by atoms with Crippen molar-refractivity contribution in [3.05, 3.63) is 0 Å². The van der Waals surface area contributed by atoms with E-state index in [1.165, 1.54) is 12.8 Å². The van der Waals surface area contributed by atoms with E-state index in [2.05, 4.69) is 30.1 Å². The van der Waals surface area contributed by atoms with E-state index < -0.39 is 0 Å². The van der Waals surface area contributed by atoms with Gasteiger partial charge in [-0.05, 0) is 31.8 Å². The summed E-state index contributed by atoms with van der Waals surface area (Å²) in [5, 5.41) is 12.2. The molecule has 0 aliphatic carbocycles. The van der Waals surface area contributed by atoms with Gasteiger partial charge in [0.25, 0.3) is 0 Å². The van der Waals surface area contributed by atoms with Crippen LogP contribution in [0.25, 0.3) is 0 Å². The highest BCUT2D eigenvalue weighted by atomic mass is 15.2. The van der Waals surface area contributed by atoms with Crippen molar-refractivity contribution in [1.82, 2.24) is 10.2 Å². The van der Waals surface area contributed by atoms with Crippen molar-refractivity contribution in [2.24, 2.45) is 5.92 Å². The van der Waals surface area contributed by atoms with Crippen molar-refractivity contribution < 1.29 is 0 Å². The Labute approximate surface area is 93.5 Å². The number of nitrogens with zero attached hydrogens (tertiary/aromatic N) is 2. The third kappa shape index (κ3) is 3.48. The minimum atomic E-state index is -0.00523. The zero-order valence-corrected chi connectivity index (χ0v) is 10.2. The second kappa shape index (κ2) is 6.09. The molecule has 15 heavy (non-hydrogen) atoms. The molecule has 2 atom stereocenters. The molecule has 1 fully saturated rings. The molecular formula is C12H23N3. The van der Waals surface area contributed by atoms with E-state index >= 15 is 0 Å². The van der Waals surface area contributed by atoms with Crippen LogP contribution in [-0.4, -0.2) is 36.6 Å². The summed E-state index contributed by atoms with van der Waals surface area (Å²) in [4.78, 5) is 2.47. The molecule has 0 spiro atoms. The molecule has 0 aromatic heterocycles. The molecule has 2 unspecified atom stereocenters. The molecule has 0 radical (unpaired) electrons. The van der Waals surface area contributed by atoms with Gasteiger partial charge in [0.2, 0.25) is 0 Å². The Kier molecular flexibility index (Phi) is 5.07. The first-order chi connectivity index (χ1) is 7.19. The summed E-state index contributed by atoms with van der Waals surface area (Å²) in [7, 11) is 0. The van der Waals surface area contributed by atoms with E-state index in [0.29, 0.717) is 12.0 Å². The number of likely N-dealkylation sites (tertiary alicyclic amines) is 1. The van der Waals surface area contributed by atoms with Gasteiger partial charge in [-0.1, -0.05) is 20.8 Å². The van der Waals surface area contributed by atoms with Gasteiger partial charge in [0.05, 0.1) is 6.07 Å². The molecule has 1 aliphatic heterocycles. The Morgan fingerprint density at radius 3 is 2.80 bits per heavy atom. The van der Waals surface area contributed by atoms with Gasteiger partial charge in [0.15, 0.2) is 0 Å². The summed E-state index contributed by atoms with van der Waals surface area (Å²) in [6, 6.07) is 3.01. The highest BCUT2D eigenvalue weighted by Gasteiger charge is 2.28. The minimum Gasteiger partial charge on any atom is -0.301 e. The van der Waals surface area contributed by atoms with Crippen LogP contribution >= 0.6 is 0 Å². The molecule has 1 N–H and O–H groups in total. The predicted octanol–water partition coefficient (Wildman–Crippen LogP) is 1.61. The minimum absolute atomic E-state index is 0.00523. The Hall–Kier alpha value is -0.590. The Balaban J connectivity index is 2.45. The van der Waals surface area contributed by atoms with Crippen LogP contribution in [0.1, 0.15) is 33.6 Å². The molecule has 0 aromatic carbocycles. The lowest BCUT2D eigenvalue weighted by molar-refractivity contribution is 0.197. The van der Waals surface area contributed by atoms with E-state index in [-0.39, 0.29) is 6.04 Å².